The fourth-order valence-corrected chi connectivity index (χ4v) is 3.22. The Balaban J connectivity index is 2.14. The van der Waals surface area contributed by atoms with Gasteiger partial charge in [-0.1, -0.05) is 12.1 Å². The molecule has 1 atom stereocenters. The molecule has 2 aromatic rings. The lowest BCUT2D eigenvalue weighted by Crippen LogP contribution is -2.35. The van der Waals surface area contributed by atoms with Crippen molar-refractivity contribution in [1.29, 1.82) is 0 Å². The Labute approximate surface area is 162 Å². The Bertz CT molecular complexity index is 938. The third-order valence-electron chi connectivity index (χ3n) is 4.63. The van der Waals surface area contributed by atoms with Crippen molar-refractivity contribution in [3.8, 4) is 5.75 Å². The first-order valence-corrected chi connectivity index (χ1v) is 8.77. The molecule has 0 bridgehead atoms. The minimum absolute atomic E-state index is 0.0162. The molecule has 0 aromatic heterocycles. The van der Waals surface area contributed by atoms with Crippen molar-refractivity contribution in [2.45, 2.75) is 6.04 Å². The molecule has 1 aliphatic rings. The molecular weight excluding hydrogens is 363 g/mol. The quantitative estimate of drug-likeness (QED) is 0.470. The highest BCUT2D eigenvalue weighted by atomic mass is 19.1. The zero-order chi connectivity index (χ0) is 20.4. The maximum Gasteiger partial charge on any atom is 0.295 e. The number of likely N-dealkylation sites (tertiary alicyclic amines) is 1. The second-order valence-electron chi connectivity index (χ2n) is 6.90. The van der Waals surface area contributed by atoms with Gasteiger partial charge in [0.1, 0.15) is 17.3 Å². The van der Waals surface area contributed by atoms with Crippen molar-refractivity contribution < 1.29 is 24.2 Å². The van der Waals surface area contributed by atoms with Gasteiger partial charge in [-0.2, -0.15) is 0 Å². The van der Waals surface area contributed by atoms with E-state index in [2.05, 4.69) is 0 Å². The van der Waals surface area contributed by atoms with Crippen LogP contribution in [0.2, 0.25) is 0 Å². The molecule has 1 heterocycles. The predicted molar refractivity (Wildman–Crippen MR) is 102 cm³/mol. The van der Waals surface area contributed by atoms with Gasteiger partial charge in [0, 0.05) is 18.7 Å². The molecule has 1 saturated heterocycles. The first-order chi connectivity index (χ1) is 13.3. The molecule has 2 N–H and O–H groups in total. The van der Waals surface area contributed by atoms with Gasteiger partial charge in [0.25, 0.3) is 11.7 Å². The topological polar surface area (TPSA) is 81.1 Å². The fourth-order valence-electron chi connectivity index (χ4n) is 3.22. The first-order valence-electron chi connectivity index (χ1n) is 8.77. The molecule has 0 aliphatic carbocycles. The molecule has 2 aromatic carbocycles. The third kappa shape index (κ3) is 3.75. The van der Waals surface area contributed by atoms with Gasteiger partial charge in [-0.15, -0.1) is 0 Å². The molecule has 146 valence electrons. The average molecular weight is 384 g/mol. The molecular formula is C21H21FN2O4. The summed E-state index contributed by atoms with van der Waals surface area (Å²) in [7, 11) is 3.69. The Morgan fingerprint density at radius 1 is 1.14 bits per heavy atom. The van der Waals surface area contributed by atoms with Gasteiger partial charge >= 0.3 is 0 Å². The molecule has 0 spiro atoms. The van der Waals surface area contributed by atoms with E-state index in [0.29, 0.717) is 12.1 Å². The molecule has 7 heteroatoms. The summed E-state index contributed by atoms with van der Waals surface area (Å²) in [6.45, 7) is 0.775. The zero-order valence-corrected chi connectivity index (χ0v) is 15.6. The minimum atomic E-state index is -0.850. The number of phenols is 1. The third-order valence-corrected chi connectivity index (χ3v) is 4.63. The summed E-state index contributed by atoms with van der Waals surface area (Å²) in [4.78, 5) is 28.7. The number of Topliss-reactive ketones (excluding diaryl/α,β-unsaturated/α-hetero) is 1. The predicted octanol–water partition coefficient (Wildman–Crippen LogP) is 2.51. The van der Waals surface area contributed by atoms with Gasteiger partial charge in [0.2, 0.25) is 0 Å². The number of carbonyl (C=O) groups excluding carboxylic acids is 2. The van der Waals surface area contributed by atoms with Crippen LogP contribution in [-0.4, -0.2) is 58.9 Å². The number of hydrogen-bond acceptors (Lipinski definition) is 5. The molecule has 0 saturated carbocycles. The summed E-state index contributed by atoms with van der Waals surface area (Å²) >= 11 is 0. The normalized spacial score (nSPS) is 18.9. The molecule has 3 rings (SSSR count). The average Bonchev–Trinajstić information content (AvgIpc) is 2.91. The van der Waals surface area contributed by atoms with Crippen molar-refractivity contribution in [3.05, 3.63) is 71.0 Å². The Morgan fingerprint density at radius 2 is 1.82 bits per heavy atom. The lowest BCUT2D eigenvalue weighted by atomic mass is 9.95. The summed E-state index contributed by atoms with van der Waals surface area (Å²) in [5, 5.41) is 20.6. The SMILES string of the molecule is CN(C)CCN1C(=O)C(=O)/C(=C(\O)c2ccc(F)cc2)C1c1cccc(O)c1. The van der Waals surface area contributed by atoms with Crippen LogP contribution in [0.25, 0.3) is 5.76 Å². The number of hydrogen-bond donors (Lipinski definition) is 2. The lowest BCUT2D eigenvalue weighted by molar-refractivity contribution is -0.140. The molecule has 6 nitrogen and oxygen atoms in total. The number of likely N-dealkylation sites (N-methyl/N-ethyl adjacent to an activating group) is 1. The summed E-state index contributed by atoms with van der Waals surface area (Å²) in [5.74, 6) is -2.41. The number of carbonyl (C=O) groups is 2. The Kier molecular flexibility index (Phi) is 5.46. The van der Waals surface area contributed by atoms with Crippen molar-refractivity contribution >= 4 is 17.4 Å². The summed E-state index contributed by atoms with van der Waals surface area (Å²) < 4.78 is 13.2. The van der Waals surface area contributed by atoms with Crippen LogP contribution in [0.5, 0.6) is 5.75 Å². The first kappa shape index (κ1) is 19.6. The van der Waals surface area contributed by atoms with Gasteiger partial charge < -0.3 is 20.0 Å². The summed E-state index contributed by atoms with van der Waals surface area (Å²) in [5.41, 5.74) is 0.653. The highest BCUT2D eigenvalue weighted by Gasteiger charge is 2.45. The number of ketones is 1. The van der Waals surface area contributed by atoms with Gasteiger partial charge in [-0.3, -0.25) is 9.59 Å². The van der Waals surface area contributed by atoms with E-state index in [-0.39, 0.29) is 29.2 Å². The van der Waals surface area contributed by atoms with Crippen LogP contribution >= 0.6 is 0 Å². The highest BCUT2D eigenvalue weighted by molar-refractivity contribution is 6.46. The lowest BCUT2D eigenvalue weighted by Gasteiger charge is -2.26. The molecule has 1 amide bonds. The summed E-state index contributed by atoms with van der Waals surface area (Å²) in [6.07, 6.45) is 0. The van der Waals surface area contributed by atoms with Gasteiger partial charge in [-0.05, 0) is 56.1 Å². The molecule has 0 radical (unpaired) electrons. The van der Waals surface area contributed by atoms with Crippen LogP contribution in [0.15, 0.2) is 54.1 Å². The molecule has 1 unspecified atom stereocenters. The van der Waals surface area contributed by atoms with Crippen LogP contribution in [0, 0.1) is 5.82 Å². The largest absolute Gasteiger partial charge is 0.508 e. The number of rotatable bonds is 5. The number of phenolic OH excluding ortho intramolecular Hbond substituents is 1. The standard InChI is InChI=1S/C21H21FN2O4/c1-23(2)10-11-24-18(14-4-3-5-16(25)12-14)17(20(27)21(24)28)19(26)13-6-8-15(22)9-7-13/h3-9,12,18,25-26H,10-11H2,1-2H3/b19-17-. The van der Waals surface area contributed by atoms with E-state index in [1.807, 2.05) is 19.0 Å². The van der Waals surface area contributed by atoms with Crippen molar-refractivity contribution in [2.75, 3.05) is 27.2 Å². The highest BCUT2D eigenvalue weighted by Crippen LogP contribution is 2.39. The number of amides is 1. The second kappa shape index (κ2) is 7.82. The zero-order valence-electron chi connectivity index (χ0n) is 15.6. The maximum absolute atomic E-state index is 13.2. The van der Waals surface area contributed by atoms with E-state index in [4.69, 9.17) is 0 Å². The van der Waals surface area contributed by atoms with E-state index < -0.39 is 23.5 Å². The summed E-state index contributed by atoms with van der Waals surface area (Å²) in [6, 6.07) is 10.4. The number of halogens is 1. The van der Waals surface area contributed by atoms with E-state index in [1.165, 1.54) is 41.3 Å². The van der Waals surface area contributed by atoms with Crippen molar-refractivity contribution in [2.24, 2.45) is 0 Å². The molecule has 28 heavy (non-hydrogen) atoms. The van der Waals surface area contributed by atoms with Crippen LogP contribution in [0.1, 0.15) is 17.2 Å². The van der Waals surface area contributed by atoms with E-state index in [9.17, 15) is 24.2 Å². The monoisotopic (exact) mass is 384 g/mol. The minimum Gasteiger partial charge on any atom is -0.508 e. The van der Waals surface area contributed by atoms with Crippen LogP contribution in [0.3, 0.4) is 0 Å². The number of nitrogens with zero attached hydrogens (tertiary/aromatic N) is 2. The van der Waals surface area contributed by atoms with Crippen LogP contribution in [-0.2, 0) is 9.59 Å². The van der Waals surface area contributed by atoms with Gasteiger partial charge in [0.05, 0.1) is 11.6 Å². The Morgan fingerprint density at radius 3 is 2.43 bits per heavy atom. The maximum atomic E-state index is 13.2. The van der Waals surface area contributed by atoms with Gasteiger partial charge in [0.15, 0.2) is 0 Å². The number of benzene rings is 2. The van der Waals surface area contributed by atoms with E-state index in [0.717, 1.165) is 0 Å². The number of aliphatic hydroxyl groups excluding tert-OH is 1. The van der Waals surface area contributed by atoms with Crippen molar-refractivity contribution in [3.63, 3.8) is 0 Å². The molecule has 1 aliphatic heterocycles. The Hall–Kier alpha value is -3.19. The second-order valence-corrected chi connectivity index (χ2v) is 6.90. The van der Waals surface area contributed by atoms with Crippen LogP contribution < -0.4 is 0 Å². The van der Waals surface area contributed by atoms with E-state index in [1.54, 1.807) is 12.1 Å². The van der Waals surface area contributed by atoms with Crippen LogP contribution in [0.4, 0.5) is 4.39 Å². The molecule has 1 fully saturated rings. The van der Waals surface area contributed by atoms with Crippen molar-refractivity contribution in [1.82, 2.24) is 9.80 Å². The fraction of sp³-hybridized carbons (Fsp3) is 0.238. The van der Waals surface area contributed by atoms with Gasteiger partial charge in [-0.25, -0.2) is 4.39 Å². The number of aliphatic hydroxyl groups is 1. The smallest absolute Gasteiger partial charge is 0.295 e. The number of aromatic hydroxyl groups is 1. The van der Waals surface area contributed by atoms with E-state index >= 15 is 0 Å².